The number of aliphatic hydroxyl groups is 2. The quantitative estimate of drug-likeness (QED) is 0.214. The zero-order valence-corrected chi connectivity index (χ0v) is 21.6. The maximum absolute atomic E-state index is 12.1. The molecule has 2 aromatic heterocycles. The molecule has 202 valence electrons. The number of anilines is 1. The number of unbranched alkanes of at least 4 members (excludes halogenated alkanes) is 12. The number of fused-ring (bicyclic) bond motifs is 1. The van der Waals surface area contributed by atoms with Gasteiger partial charge in [0.2, 0.25) is 0 Å². The number of imidazole rings is 1. The first kappa shape index (κ1) is 28.3. The van der Waals surface area contributed by atoms with Crippen LogP contribution in [0.15, 0.2) is 12.7 Å². The SMILES string of the molecule is CCCCCCCCCCCCCCCC(=O)OC[C@H]1O[C@@H](n2cnc3c(N)ncnc32)[C@@H](O)[C@@H]1O. The lowest BCUT2D eigenvalue weighted by Crippen LogP contribution is -2.34. The number of nitrogens with two attached hydrogens (primary N) is 1. The van der Waals surface area contributed by atoms with E-state index in [-0.39, 0.29) is 18.4 Å². The number of hydrogen-bond acceptors (Lipinski definition) is 9. The molecule has 36 heavy (non-hydrogen) atoms. The van der Waals surface area contributed by atoms with Crippen LogP contribution >= 0.6 is 0 Å². The predicted octanol–water partition coefficient (Wildman–Crippen LogP) is 4.05. The van der Waals surface area contributed by atoms with Gasteiger partial charge >= 0.3 is 5.97 Å². The molecule has 1 aliphatic rings. The number of rotatable bonds is 17. The smallest absolute Gasteiger partial charge is 0.305 e. The molecular weight excluding hydrogens is 462 g/mol. The van der Waals surface area contributed by atoms with Gasteiger partial charge in [-0.25, -0.2) is 15.0 Å². The molecule has 10 heteroatoms. The largest absolute Gasteiger partial charge is 0.463 e. The molecule has 1 fully saturated rings. The van der Waals surface area contributed by atoms with Crippen molar-refractivity contribution < 1.29 is 24.5 Å². The zero-order valence-electron chi connectivity index (χ0n) is 21.6. The van der Waals surface area contributed by atoms with Gasteiger partial charge in [-0.3, -0.25) is 9.36 Å². The average molecular weight is 506 g/mol. The standard InChI is InChI=1S/C26H43N5O5/c1-2-3-4-5-6-7-8-9-10-11-12-13-14-15-20(32)35-16-19-22(33)23(34)26(36-19)31-18-30-21-24(27)28-17-29-25(21)31/h17-19,22-23,26,33-34H,2-16H2,1H3,(H2,27,28,29)/t19-,22-,23+,26-/m1/s1. The molecule has 3 heterocycles. The summed E-state index contributed by atoms with van der Waals surface area (Å²) in [5, 5.41) is 20.9. The van der Waals surface area contributed by atoms with Crippen LogP contribution in [0.2, 0.25) is 0 Å². The van der Waals surface area contributed by atoms with Gasteiger partial charge < -0.3 is 25.4 Å². The molecule has 1 saturated heterocycles. The van der Waals surface area contributed by atoms with Crippen LogP contribution in [0.25, 0.3) is 11.2 Å². The third-order valence-electron chi connectivity index (χ3n) is 6.89. The fourth-order valence-corrected chi connectivity index (χ4v) is 4.69. The summed E-state index contributed by atoms with van der Waals surface area (Å²) in [6.45, 7) is 2.12. The Labute approximate surface area is 213 Å². The van der Waals surface area contributed by atoms with Gasteiger partial charge in [0.25, 0.3) is 0 Å². The van der Waals surface area contributed by atoms with Crippen LogP contribution in [-0.4, -0.2) is 60.6 Å². The van der Waals surface area contributed by atoms with Crippen LogP contribution in [0.1, 0.15) is 103 Å². The number of nitrogen functional groups attached to an aromatic ring is 1. The van der Waals surface area contributed by atoms with Gasteiger partial charge in [-0.1, -0.05) is 84.0 Å². The molecular formula is C26H43N5O5. The van der Waals surface area contributed by atoms with Crippen molar-refractivity contribution in [2.24, 2.45) is 0 Å². The van der Waals surface area contributed by atoms with E-state index in [1.807, 2.05) is 0 Å². The van der Waals surface area contributed by atoms with Crippen LogP contribution < -0.4 is 5.73 Å². The molecule has 0 spiro atoms. The number of ether oxygens (including phenoxy) is 2. The van der Waals surface area contributed by atoms with Crippen LogP contribution in [0, 0.1) is 0 Å². The van der Waals surface area contributed by atoms with Gasteiger partial charge in [0.05, 0.1) is 6.33 Å². The van der Waals surface area contributed by atoms with Gasteiger partial charge in [-0.2, -0.15) is 0 Å². The van der Waals surface area contributed by atoms with Crippen molar-refractivity contribution in [1.82, 2.24) is 19.5 Å². The van der Waals surface area contributed by atoms with Crippen molar-refractivity contribution >= 4 is 23.0 Å². The van der Waals surface area contributed by atoms with Gasteiger partial charge in [0.15, 0.2) is 17.7 Å². The van der Waals surface area contributed by atoms with Crippen molar-refractivity contribution in [3.8, 4) is 0 Å². The number of aliphatic hydroxyl groups excluding tert-OH is 2. The topological polar surface area (TPSA) is 146 Å². The van der Waals surface area contributed by atoms with Crippen LogP contribution in [0.4, 0.5) is 5.82 Å². The summed E-state index contributed by atoms with van der Waals surface area (Å²) in [4.78, 5) is 24.3. The molecule has 0 aliphatic carbocycles. The second-order valence-electron chi connectivity index (χ2n) is 9.80. The molecule has 0 amide bonds. The minimum Gasteiger partial charge on any atom is -0.463 e. The van der Waals surface area contributed by atoms with Gasteiger partial charge in [0, 0.05) is 6.42 Å². The average Bonchev–Trinajstić information content (AvgIpc) is 3.42. The number of carbonyl (C=O) groups is 1. The Morgan fingerprint density at radius 2 is 1.56 bits per heavy atom. The Morgan fingerprint density at radius 1 is 0.944 bits per heavy atom. The van der Waals surface area contributed by atoms with E-state index in [0.29, 0.717) is 17.6 Å². The van der Waals surface area contributed by atoms with E-state index in [9.17, 15) is 15.0 Å². The summed E-state index contributed by atoms with van der Waals surface area (Å²) in [7, 11) is 0. The molecule has 0 radical (unpaired) electrons. The minimum atomic E-state index is -1.23. The number of nitrogens with zero attached hydrogens (tertiary/aromatic N) is 4. The number of carbonyl (C=O) groups excluding carboxylic acids is 1. The Hall–Kier alpha value is -2.30. The van der Waals surface area contributed by atoms with Crippen molar-refractivity contribution in [2.75, 3.05) is 12.3 Å². The lowest BCUT2D eigenvalue weighted by molar-refractivity contribution is -0.150. The van der Waals surface area contributed by atoms with Crippen molar-refractivity contribution in [3.63, 3.8) is 0 Å². The van der Waals surface area contributed by atoms with E-state index in [4.69, 9.17) is 15.2 Å². The van der Waals surface area contributed by atoms with Gasteiger partial charge in [-0.15, -0.1) is 0 Å². The second-order valence-corrected chi connectivity index (χ2v) is 9.80. The number of esters is 1. The Balaban J connectivity index is 1.26. The Morgan fingerprint density at radius 3 is 2.19 bits per heavy atom. The van der Waals surface area contributed by atoms with E-state index in [2.05, 4.69) is 21.9 Å². The molecule has 10 nitrogen and oxygen atoms in total. The predicted molar refractivity (Wildman–Crippen MR) is 137 cm³/mol. The zero-order chi connectivity index (χ0) is 25.8. The van der Waals surface area contributed by atoms with Gasteiger partial charge in [-0.05, 0) is 6.42 Å². The van der Waals surface area contributed by atoms with Gasteiger partial charge in [0.1, 0.15) is 36.8 Å². The molecule has 0 unspecified atom stereocenters. The first-order chi connectivity index (χ1) is 17.5. The third-order valence-corrected chi connectivity index (χ3v) is 6.89. The summed E-state index contributed by atoms with van der Waals surface area (Å²) in [6, 6.07) is 0. The lowest BCUT2D eigenvalue weighted by atomic mass is 10.0. The molecule has 2 aromatic rings. The molecule has 4 N–H and O–H groups in total. The highest BCUT2D eigenvalue weighted by Crippen LogP contribution is 2.32. The summed E-state index contributed by atoms with van der Waals surface area (Å²) in [5.41, 5.74) is 6.58. The van der Waals surface area contributed by atoms with Crippen molar-refractivity contribution in [3.05, 3.63) is 12.7 Å². The highest BCUT2D eigenvalue weighted by atomic mass is 16.6. The van der Waals surface area contributed by atoms with E-state index in [1.54, 1.807) is 0 Å². The third kappa shape index (κ3) is 8.11. The van der Waals surface area contributed by atoms with E-state index in [0.717, 1.165) is 19.3 Å². The Kier molecular flexibility index (Phi) is 11.8. The summed E-state index contributed by atoms with van der Waals surface area (Å²) >= 11 is 0. The first-order valence-electron chi connectivity index (χ1n) is 13.6. The number of aromatic nitrogens is 4. The normalized spacial score (nSPS) is 21.9. The molecule has 3 rings (SSSR count). The maximum atomic E-state index is 12.1. The van der Waals surface area contributed by atoms with E-state index < -0.39 is 24.5 Å². The molecule has 4 atom stereocenters. The highest BCUT2D eigenvalue weighted by molar-refractivity contribution is 5.81. The second kappa shape index (κ2) is 15.1. The minimum absolute atomic E-state index is 0.129. The summed E-state index contributed by atoms with van der Waals surface area (Å²) < 4.78 is 12.6. The van der Waals surface area contributed by atoms with Crippen LogP contribution in [0.3, 0.4) is 0 Å². The fourth-order valence-electron chi connectivity index (χ4n) is 4.69. The Bertz CT molecular complexity index is 923. The molecule has 0 saturated carbocycles. The first-order valence-corrected chi connectivity index (χ1v) is 13.6. The molecule has 0 aromatic carbocycles. The highest BCUT2D eigenvalue weighted by Gasteiger charge is 2.44. The van der Waals surface area contributed by atoms with Crippen molar-refractivity contribution in [1.29, 1.82) is 0 Å². The van der Waals surface area contributed by atoms with Crippen molar-refractivity contribution in [2.45, 2.75) is 121 Å². The summed E-state index contributed by atoms with van der Waals surface area (Å²) in [5.74, 6) is -0.106. The lowest BCUT2D eigenvalue weighted by Gasteiger charge is -2.16. The summed E-state index contributed by atoms with van der Waals surface area (Å²) in [6.07, 6.45) is 15.1. The van der Waals surface area contributed by atoms with E-state index in [1.165, 1.54) is 81.4 Å². The maximum Gasteiger partial charge on any atom is 0.305 e. The van der Waals surface area contributed by atoms with Crippen LogP contribution in [0.5, 0.6) is 0 Å². The fraction of sp³-hybridized carbons (Fsp3) is 0.769. The number of hydrogen-bond donors (Lipinski definition) is 3. The molecule has 1 aliphatic heterocycles. The molecule has 0 bridgehead atoms. The monoisotopic (exact) mass is 505 g/mol. The van der Waals surface area contributed by atoms with E-state index >= 15 is 0 Å². The van der Waals surface area contributed by atoms with Crippen LogP contribution in [-0.2, 0) is 14.3 Å².